The minimum absolute atomic E-state index is 0.0282. The van der Waals surface area contributed by atoms with Crippen LogP contribution in [0.2, 0.25) is 0 Å². The van der Waals surface area contributed by atoms with Gasteiger partial charge in [0.15, 0.2) is 26.1 Å². The second-order valence-corrected chi connectivity index (χ2v) is 10.5. The van der Waals surface area contributed by atoms with E-state index in [4.69, 9.17) is 14.2 Å². The molecular formula is C23H24N2O6S2. The molecule has 1 aromatic heterocycles. The average Bonchev–Trinajstić information content (AvgIpc) is 3.13. The smallest absolute Gasteiger partial charge is 0.248 e. The van der Waals surface area contributed by atoms with E-state index < -0.39 is 9.84 Å². The van der Waals surface area contributed by atoms with Crippen LogP contribution >= 0.6 is 11.3 Å². The molecule has 0 fully saturated rings. The molecule has 1 aliphatic heterocycles. The topological polar surface area (TPSA) is 96.2 Å². The van der Waals surface area contributed by atoms with Gasteiger partial charge < -0.3 is 18.8 Å². The summed E-state index contributed by atoms with van der Waals surface area (Å²) >= 11 is 1.37. The predicted molar refractivity (Wildman–Crippen MR) is 126 cm³/mol. The van der Waals surface area contributed by atoms with E-state index >= 15 is 0 Å². The van der Waals surface area contributed by atoms with Crippen LogP contribution in [0.1, 0.15) is 12.8 Å². The second kappa shape index (κ2) is 9.80. The van der Waals surface area contributed by atoms with Crippen molar-refractivity contribution in [3.8, 4) is 17.2 Å². The maximum Gasteiger partial charge on any atom is 0.248 e. The Labute approximate surface area is 195 Å². The van der Waals surface area contributed by atoms with Crippen LogP contribution in [-0.4, -0.2) is 45.0 Å². The van der Waals surface area contributed by atoms with Crippen molar-refractivity contribution in [3.05, 3.63) is 53.9 Å². The first-order valence-corrected chi connectivity index (χ1v) is 12.9. The van der Waals surface area contributed by atoms with Crippen LogP contribution in [0.25, 0.3) is 10.2 Å². The van der Waals surface area contributed by atoms with Gasteiger partial charge in [0.25, 0.3) is 0 Å². The first-order valence-electron chi connectivity index (χ1n) is 10.4. The largest absolute Gasteiger partial charge is 0.497 e. The molecule has 2 heterocycles. The Morgan fingerprint density at radius 3 is 2.58 bits per heavy atom. The van der Waals surface area contributed by atoms with Crippen molar-refractivity contribution in [3.63, 3.8) is 0 Å². The Kier molecular flexibility index (Phi) is 6.85. The molecule has 0 bridgehead atoms. The zero-order valence-corrected chi connectivity index (χ0v) is 19.8. The molecule has 0 atom stereocenters. The number of aromatic nitrogens is 1. The number of sulfone groups is 1. The molecule has 4 rings (SSSR count). The number of carbonyl (C=O) groups is 1. The van der Waals surface area contributed by atoms with Crippen molar-refractivity contribution < 1.29 is 27.4 Å². The first kappa shape index (κ1) is 23.1. The number of nitrogens with zero attached hydrogens (tertiary/aromatic N) is 2. The van der Waals surface area contributed by atoms with Gasteiger partial charge in [0.05, 0.1) is 28.0 Å². The number of amides is 1. The lowest BCUT2D eigenvalue weighted by atomic mass is 10.2. The van der Waals surface area contributed by atoms with E-state index in [1.54, 1.807) is 18.2 Å². The van der Waals surface area contributed by atoms with Crippen LogP contribution in [0.3, 0.4) is 0 Å². The van der Waals surface area contributed by atoms with Crippen molar-refractivity contribution in [1.82, 2.24) is 4.57 Å². The number of hydrogen-bond acceptors (Lipinski definition) is 7. The van der Waals surface area contributed by atoms with Gasteiger partial charge >= 0.3 is 0 Å². The summed E-state index contributed by atoms with van der Waals surface area (Å²) in [7, 11) is -1.98. The Morgan fingerprint density at radius 2 is 1.91 bits per heavy atom. The SMILES string of the molecule is C=CCn1c(=NC(=O)CCCS(=O)(=O)c2ccc(OC)cc2)sc2cc3c(cc21)OCCO3. The molecular weight excluding hydrogens is 464 g/mol. The van der Waals surface area contributed by atoms with Crippen LogP contribution in [0.15, 0.2) is 58.9 Å². The summed E-state index contributed by atoms with van der Waals surface area (Å²) in [5.74, 6) is 1.40. The van der Waals surface area contributed by atoms with Gasteiger partial charge in [-0.15, -0.1) is 6.58 Å². The number of allylic oxidation sites excluding steroid dienone is 1. The number of thiazole rings is 1. The van der Waals surface area contributed by atoms with Crippen molar-refractivity contribution in [2.24, 2.45) is 4.99 Å². The molecule has 2 aromatic carbocycles. The molecule has 1 aliphatic rings. The molecule has 174 valence electrons. The predicted octanol–water partition coefficient (Wildman–Crippen LogP) is 3.35. The lowest BCUT2D eigenvalue weighted by Gasteiger charge is -2.18. The molecule has 3 aromatic rings. The lowest BCUT2D eigenvalue weighted by molar-refractivity contribution is -0.118. The van der Waals surface area contributed by atoms with Crippen LogP contribution in [0.5, 0.6) is 17.2 Å². The molecule has 0 saturated heterocycles. The molecule has 33 heavy (non-hydrogen) atoms. The van der Waals surface area contributed by atoms with Gasteiger partial charge in [-0.1, -0.05) is 17.4 Å². The summed E-state index contributed by atoms with van der Waals surface area (Å²) in [4.78, 5) is 17.5. The number of carbonyl (C=O) groups excluding carboxylic acids is 1. The zero-order valence-electron chi connectivity index (χ0n) is 18.2. The minimum atomic E-state index is -3.49. The number of benzene rings is 2. The fourth-order valence-corrected chi connectivity index (χ4v) is 5.85. The summed E-state index contributed by atoms with van der Waals surface area (Å²) in [6, 6.07) is 9.97. The Bertz CT molecular complexity index is 1350. The molecule has 0 N–H and O–H groups in total. The van der Waals surface area contributed by atoms with E-state index in [2.05, 4.69) is 11.6 Å². The summed E-state index contributed by atoms with van der Waals surface area (Å²) in [6.45, 7) is 5.24. The molecule has 0 saturated carbocycles. The second-order valence-electron chi connectivity index (χ2n) is 7.35. The molecule has 0 radical (unpaired) electrons. The fraction of sp³-hybridized carbons (Fsp3) is 0.304. The van der Waals surface area contributed by atoms with Crippen LogP contribution in [0, 0.1) is 0 Å². The molecule has 0 spiro atoms. The number of rotatable bonds is 8. The summed E-state index contributed by atoms with van der Waals surface area (Å²) < 4.78 is 44.2. The van der Waals surface area contributed by atoms with E-state index in [1.165, 1.54) is 30.6 Å². The normalized spacial score (nSPS) is 13.8. The van der Waals surface area contributed by atoms with Gasteiger partial charge in [0.1, 0.15) is 19.0 Å². The third-order valence-electron chi connectivity index (χ3n) is 5.10. The maximum absolute atomic E-state index is 12.5. The van der Waals surface area contributed by atoms with E-state index in [9.17, 15) is 13.2 Å². The highest BCUT2D eigenvalue weighted by atomic mass is 32.2. The van der Waals surface area contributed by atoms with Crippen molar-refractivity contribution >= 4 is 37.3 Å². The Balaban J connectivity index is 1.51. The van der Waals surface area contributed by atoms with Crippen LogP contribution < -0.4 is 19.0 Å². The summed E-state index contributed by atoms with van der Waals surface area (Å²) in [5, 5.41) is 0. The third kappa shape index (κ3) is 5.12. The van der Waals surface area contributed by atoms with E-state index in [0.29, 0.717) is 41.8 Å². The maximum atomic E-state index is 12.5. The molecule has 1 amide bonds. The highest BCUT2D eigenvalue weighted by Crippen LogP contribution is 2.35. The Morgan fingerprint density at radius 1 is 1.21 bits per heavy atom. The van der Waals surface area contributed by atoms with E-state index in [-0.39, 0.29) is 29.4 Å². The number of fused-ring (bicyclic) bond motifs is 2. The van der Waals surface area contributed by atoms with Gasteiger partial charge in [-0.2, -0.15) is 4.99 Å². The highest BCUT2D eigenvalue weighted by molar-refractivity contribution is 7.91. The standard InChI is InChI=1S/C23H24N2O6S2/c1-3-10-25-18-14-19-20(31-12-11-30-19)15-21(18)32-23(25)24-22(26)5-4-13-33(27,28)17-8-6-16(29-2)7-9-17/h3,6-9,14-15H,1,4-5,10-13H2,2H3. The third-order valence-corrected chi connectivity index (χ3v) is 7.96. The monoisotopic (exact) mass is 488 g/mol. The first-order chi connectivity index (χ1) is 15.9. The zero-order chi connectivity index (χ0) is 23.4. The van der Waals surface area contributed by atoms with Gasteiger partial charge in [0.2, 0.25) is 5.91 Å². The lowest BCUT2D eigenvalue weighted by Crippen LogP contribution is -2.17. The number of hydrogen-bond donors (Lipinski definition) is 0. The fourth-order valence-electron chi connectivity index (χ4n) is 3.47. The highest BCUT2D eigenvalue weighted by Gasteiger charge is 2.18. The summed E-state index contributed by atoms with van der Waals surface area (Å²) in [6.07, 6.45) is 1.94. The van der Waals surface area contributed by atoms with Crippen molar-refractivity contribution in [2.45, 2.75) is 24.3 Å². The van der Waals surface area contributed by atoms with Gasteiger partial charge in [-0.3, -0.25) is 4.79 Å². The van der Waals surface area contributed by atoms with Crippen LogP contribution in [-0.2, 0) is 21.2 Å². The molecule has 8 nitrogen and oxygen atoms in total. The minimum Gasteiger partial charge on any atom is -0.497 e. The number of ether oxygens (including phenoxy) is 3. The van der Waals surface area contributed by atoms with E-state index in [1.807, 2.05) is 16.7 Å². The molecule has 0 aliphatic carbocycles. The van der Waals surface area contributed by atoms with Crippen molar-refractivity contribution in [2.75, 3.05) is 26.1 Å². The van der Waals surface area contributed by atoms with Crippen molar-refractivity contribution in [1.29, 1.82) is 0 Å². The molecule has 10 heteroatoms. The summed E-state index contributed by atoms with van der Waals surface area (Å²) in [5.41, 5.74) is 0.873. The van der Waals surface area contributed by atoms with E-state index in [0.717, 1.165) is 10.2 Å². The molecule has 0 unspecified atom stereocenters. The van der Waals surface area contributed by atoms with Gasteiger partial charge in [0, 0.05) is 25.1 Å². The van der Waals surface area contributed by atoms with Gasteiger partial charge in [-0.25, -0.2) is 8.42 Å². The quantitative estimate of drug-likeness (QED) is 0.451. The van der Waals surface area contributed by atoms with Crippen LogP contribution in [0.4, 0.5) is 0 Å². The van der Waals surface area contributed by atoms with Gasteiger partial charge in [-0.05, 0) is 30.7 Å². The average molecular weight is 489 g/mol. The number of methoxy groups -OCH3 is 1. The Hall–Kier alpha value is -3.11.